The van der Waals surface area contributed by atoms with Crippen LogP contribution in [0.2, 0.25) is 0 Å². The molecule has 0 fully saturated rings. The molecule has 1 atom stereocenters. The second kappa shape index (κ2) is 12.3. The molecule has 0 aromatic heterocycles. The molecule has 0 bridgehead atoms. The SMILES string of the molecule is O=S(=O)(O)CC(O)CN(CCCCCO)CCCCCO. The van der Waals surface area contributed by atoms with Crippen molar-refractivity contribution in [3.63, 3.8) is 0 Å². The molecule has 0 radical (unpaired) electrons. The predicted octanol–water partition coefficient (Wildman–Crippen LogP) is -0.138. The highest BCUT2D eigenvalue weighted by Crippen LogP contribution is 2.05. The van der Waals surface area contributed by atoms with Gasteiger partial charge in [0, 0.05) is 19.8 Å². The van der Waals surface area contributed by atoms with Gasteiger partial charge in [-0.3, -0.25) is 4.55 Å². The van der Waals surface area contributed by atoms with Crippen LogP contribution in [0.25, 0.3) is 0 Å². The van der Waals surface area contributed by atoms with E-state index >= 15 is 0 Å². The van der Waals surface area contributed by atoms with Crippen LogP contribution in [0.1, 0.15) is 38.5 Å². The van der Waals surface area contributed by atoms with Gasteiger partial charge in [0.2, 0.25) is 0 Å². The molecule has 0 saturated carbocycles. The van der Waals surface area contributed by atoms with E-state index in [2.05, 4.69) is 0 Å². The molecule has 1 unspecified atom stereocenters. The van der Waals surface area contributed by atoms with Gasteiger partial charge in [-0.25, -0.2) is 0 Å². The van der Waals surface area contributed by atoms with Gasteiger partial charge in [-0.2, -0.15) is 8.42 Å². The van der Waals surface area contributed by atoms with Crippen molar-refractivity contribution in [2.24, 2.45) is 0 Å². The first kappa shape index (κ1) is 20.8. The van der Waals surface area contributed by atoms with E-state index in [0.717, 1.165) is 38.5 Å². The molecule has 8 heteroatoms. The molecule has 7 nitrogen and oxygen atoms in total. The molecular formula is C13H29NO6S. The van der Waals surface area contributed by atoms with Crippen molar-refractivity contribution in [1.82, 2.24) is 4.90 Å². The first-order chi connectivity index (χ1) is 9.89. The number of hydrogen-bond acceptors (Lipinski definition) is 6. The molecule has 0 spiro atoms. The first-order valence-corrected chi connectivity index (χ1v) is 9.07. The quantitative estimate of drug-likeness (QED) is 0.259. The molecule has 0 heterocycles. The summed E-state index contributed by atoms with van der Waals surface area (Å²) in [6.45, 7) is 1.92. The molecule has 4 N–H and O–H groups in total. The minimum Gasteiger partial charge on any atom is -0.396 e. The summed E-state index contributed by atoms with van der Waals surface area (Å²) in [7, 11) is -4.17. The predicted molar refractivity (Wildman–Crippen MR) is 80.7 cm³/mol. The highest BCUT2D eigenvalue weighted by atomic mass is 32.2. The Kier molecular flexibility index (Phi) is 12.2. The van der Waals surface area contributed by atoms with E-state index in [1.54, 1.807) is 0 Å². The summed E-state index contributed by atoms with van der Waals surface area (Å²) in [5.41, 5.74) is 0. The number of hydrogen-bond donors (Lipinski definition) is 4. The second-order valence-electron chi connectivity index (χ2n) is 5.27. The maximum Gasteiger partial charge on any atom is 0.267 e. The highest BCUT2D eigenvalue weighted by molar-refractivity contribution is 7.85. The average molecular weight is 327 g/mol. The third kappa shape index (κ3) is 14.5. The summed E-state index contributed by atoms with van der Waals surface area (Å²) in [4.78, 5) is 1.96. The minimum absolute atomic E-state index is 0.155. The van der Waals surface area contributed by atoms with E-state index in [-0.39, 0.29) is 19.8 Å². The zero-order chi connectivity index (χ0) is 16.1. The summed E-state index contributed by atoms with van der Waals surface area (Å²) in [5.74, 6) is -0.656. The Labute approximate surface area is 127 Å². The maximum atomic E-state index is 10.7. The van der Waals surface area contributed by atoms with Crippen LogP contribution in [-0.2, 0) is 10.1 Å². The van der Waals surface area contributed by atoms with E-state index in [9.17, 15) is 13.5 Å². The van der Waals surface area contributed by atoms with E-state index in [1.165, 1.54) is 0 Å². The molecule has 0 aliphatic carbocycles. The number of aliphatic hydroxyl groups is 3. The van der Waals surface area contributed by atoms with Crippen LogP contribution in [0.4, 0.5) is 0 Å². The third-order valence-electron chi connectivity index (χ3n) is 3.14. The molecule has 128 valence electrons. The fraction of sp³-hybridized carbons (Fsp3) is 1.00. The average Bonchev–Trinajstić information content (AvgIpc) is 2.37. The number of unbranched alkanes of at least 4 members (excludes halogenated alkanes) is 4. The van der Waals surface area contributed by atoms with Gasteiger partial charge in [-0.15, -0.1) is 0 Å². The fourth-order valence-electron chi connectivity index (χ4n) is 2.14. The van der Waals surface area contributed by atoms with E-state index < -0.39 is 22.0 Å². The van der Waals surface area contributed by atoms with Crippen molar-refractivity contribution in [3.05, 3.63) is 0 Å². The summed E-state index contributed by atoms with van der Waals surface area (Å²) in [6.07, 6.45) is 3.81. The molecule has 0 amide bonds. The molecule has 0 aromatic carbocycles. The van der Waals surface area contributed by atoms with Crippen molar-refractivity contribution in [2.75, 3.05) is 38.6 Å². The molecule has 21 heavy (non-hydrogen) atoms. The van der Waals surface area contributed by atoms with Crippen LogP contribution in [0, 0.1) is 0 Å². The van der Waals surface area contributed by atoms with Crippen LogP contribution in [-0.4, -0.2) is 77.9 Å². The molecule has 0 aliphatic rings. The summed E-state index contributed by atoms with van der Waals surface area (Å²) in [6, 6.07) is 0. The topological polar surface area (TPSA) is 118 Å². The van der Waals surface area contributed by atoms with Gasteiger partial charge >= 0.3 is 0 Å². The van der Waals surface area contributed by atoms with E-state index in [4.69, 9.17) is 14.8 Å². The zero-order valence-electron chi connectivity index (χ0n) is 12.5. The standard InChI is InChI=1S/C13H29NO6S/c15-9-5-1-3-7-14(8-4-2-6-10-16)11-13(17)12-21(18,19)20/h13,15-17H,1-12H2,(H,18,19,20). The fourth-order valence-corrected chi connectivity index (χ4v) is 2.73. The second-order valence-corrected chi connectivity index (χ2v) is 6.77. The van der Waals surface area contributed by atoms with Crippen LogP contribution >= 0.6 is 0 Å². The van der Waals surface area contributed by atoms with Crippen molar-refractivity contribution in [1.29, 1.82) is 0 Å². The van der Waals surface area contributed by atoms with Crippen molar-refractivity contribution in [2.45, 2.75) is 44.6 Å². The van der Waals surface area contributed by atoms with Crippen molar-refractivity contribution < 1.29 is 28.3 Å². The van der Waals surface area contributed by atoms with Gasteiger partial charge in [0.25, 0.3) is 10.1 Å². The van der Waals surface area contributed by atoms with Gasteiger partial charge in [-0.05, 0) is 51.6 Å². The van der Waals surface area contributed by atoms with E-state index in [1.807, 2.05) is 4.90 Å². The summed E-state index contributed by atoms with van der Waals surface area (Å²) in [5, 5.41) is 27.2. The van der Waals surface area contributed by atoms with E-state index in [0.29, 0.717) is 13.1 Å². The van der Waals surface area contributed by atoms with Gasteiger partial charge in [0.05, 0.1) is 6.10 Å². The lowest BCUT2D eigenvalue weighted by Gasteiger charge is -2.24. The number of rotatable bonds is 14. The normalized spacial score (nSPS) is 13.8. The molecule has 0 aromatic rings. The molecule has 0 rings (SSSR count). The summed E-state index contributed by atoms with van der Waals surface area (Å²) >= 11 is 0. The van der Waals surface area contributed by atoms with Gasteiger partial charge in [0.15, 0.2) is 0 Å². The smallest absolute Gasteiger partial charge is 0.267 e. The van der Waals surface area contributed by atoms with Gasteiger partial charge in [0.1, 0.15) is 5.75 Å². The van der Waals surface area contributed by atoms with Gasteiger partial charge in [-0.1, -0.05) is 0 Å². The van der Waals surface area contributed by atoms with Crippen LogP contribution in [0.15, 0.2) is 0 Å². The highest BCUT2D eigenvalue weighted by Gasteiger charge is 2.17. The lowest BCUT2D eigenvalue weighted by Crippen LogP contribution is -2.37. The molecule has 0 aliphatic heterocycles. The van der Waals surface area contributed by atoms with Crippen LogP contribution in [0.5, 0.6) is 0 Å². The Morgan fingerprint density at radius 2 is 1.33 bits per heavy atom. The lowest BCUT2D eigenvalue weighted by molar-refractivity contribution is 0.123. The van der Waals surface area contributed by atoms with Crippen molar-refractivity contribution >= 4 is 10.1 Å². The maximum absolute atomic E-state index is 10.7. The Bertz CT molecular complexity index is 324. The monoisotopic (exact) mass is 327 g/mol. The number of nitrogens with zero attached hydrogens (tertiary/aromatic N) is 1. The first-order valence-electron chi connectivity index (χ1n) is 7.46. The Morgan fingerprint density at radius 3 is 1.71 bits per heavy atom. The zero-order valence-corrected chi connectivity index (χ0v) is 13.3. The van der Waals surface area contributed by atoms with Crippen LogP contribution in [0.3, 0.4) is 0 Å². The number of aliphatic hydroxyl groups excluding tert-OH is 3. The Hall–Kier alpha value is -0.250. The third-order valence-corrected chi connectivity index (χ3v) is 3.94. The van der Waals surface area contributed by atoms with Crippen molar-refractivity contribution in [3.8, 4) is 0 Å². The minimum atomic E-state index is -4.17. The lowest BCUT2D eigenvalue weighted by atomic mass is 10.2. The van der Waals surface area contributed by atoms with Crippen LogP contribution < -0.4 is 0 Å². The Balaban J connectivity index is 4.15. The molecule has 0 saturated heterocycles. The van der Waals surface area contributed by atoms with Gasteiger partial charge < -0.3 is 20.2 Å². The largest absolute Gasteiger partial charge is 0.396 e. The Morgan fingerprint density at radius 1 is 0.857 bits per heavy atom. The molecular weight excluding hydrogens is 298 g/mol. The summed E-state index contributed by atoms with van der Waals surface area (Å²) < 4.78 is 30.2.